The van der Waals surface area contributed by atoms with Gasteiger partial charge in [0.1, 0.15) is 17.3 Å². The van der Waals surface area contributed by atoms with Gasteiger partial charge in [-0.25, -0.2) is 4.39 Å². The molecule has 0 aliphatic carbocycles. The molecule has 2 aromatic carbocycles. The highest BCUT2D eigenvalue weighted by molar-refractivity contribution is 5.38. The second kappa shape index (κ2) is 5.85. The van der Waals surface area contributed by atoms with Crippen LogP contribution in [0.25, 0.3) is 0 Å². The topological polar surface area (TPSA) is 29.5 Å². The molecule has 0 amide bonds. The predicted octanol–water partition coefficient (Wildman–Crippen LogP) is 4.37. The molecule has 0 spiro atoms. The molecule has 2 nitrogen and oxygen atoms in total. The molecule has 0 saturated heterocycles. The van der Waals surface area contributed by atoms with Crippen LogP contribution in [0.15, 0.2) is 42.5 Å². The fourth-order valence-corrected chi connectivity index (χ4v) is 1.85. The summed E-state index contributed by atoms with van der Waals surface area (Å²) in [5.41, 5.74) is 1.61. The van der Waals surface area contributed by atoms with Gasteiger partial charge >= 0.3 is 0 Å². The quantitative estimate of drug-likeness (QED) is 0.884. The minimum atomic E-state index is -0.443. The van der Waals surface area contributed by atoms with E-state index >= 15 is 0 Å². The van der Waals surface area contributed by atoms with E-state index in [4.69, 9.17) is 4.74 Å². The van der Waals surface area contributed by atoms with Crippen molar-refractivity contribution >= 4 is 0 Å². The lowest BCUT2D eigenvalue weighted by atomic mass is 10.1. The van der Waals surface area contributed by atoms with Crippen molar-refractivity contribution in [3.8, 4) is 11.5 Å². The van der Waals surface area contributed by atoms with Crippen molar-refractivity contribution in [3.63, 3.8) is 0 Å². The average molecular weight is 260 g/mol. The third kappa shape index (κ3) is 3.32. The number of aryl methyl sites for hydroxylation is 1. The molecular weight excluding hydrogens is 243 g/mol. The van der Waals surface area contributed by atoms with Crippen LogP contribution in [0.1, 0.15) is 30.6 Å². The molecule has 2 aromatic rings. The maximum Gasteiger partial charge on any atom is 0.130 e. The van der Waals surface area contributed by atoms with Crippen LogP contribution in [0.4, 0.5) is 4.39 Å². The van der Waals surface area contributed by atoms with Gasteiger partial charge < -0.3 is 9.84 Å². The fourth-order valence-electron chi connectivity index (χ4n) is 1.85. The first-order valence-corrected chi connectivity index (χ1v) is 6.32. The van der Waals surface area contributed by atoms with Gasteiger partial charge in [-0.15, -0.1) is 0 Å². The van der Waals surface area contributed by atoms with Crippen molar-refractivity contribution in [2.45, 2.75) is 26.4 Å². The minimum Gasteiger partial charge on any atom is -0.457 e. The first kappa shape index (κ1) is 13.6. The van der Waals surface area contributed by atoms with E-state index in [-0.39, 0.29) is 5.82 Å². The molecule has 100 valence electrons. The molecule has 0 fully saturated rings. The van der Waals surface area contributed by atoms with Crippen LogP contribution in [0.2, 0.25) is 0 Å². The van der Waals surface area contributed by atoms with Crippen LogP contribution in [0.3, 0.4) is 0 Å². The van der Waals surface area contributed by atoms with E-state index in [1.807, 2.05) is 19.1 Å². The minimum absolute atomic E-state index is 0.272. The smallest absolute Gasteiger partial charge is 0.130 e. The molecular formula is C16H17FO2. The van der Waals surface area contributed by atoms with Crippen molar-refractivity contribution < 1.29 is 14.2 Å². The molecule has 0 aliphatic heterocycles. The van der Waals surface area contributed by atoms with Crippen LogP contribution in [-0.4, -0.2) is 5.11 Å². The summed E-state index contributed by atoms with van der Waals surface area (Å²) in [5.74, 6) is 1.03. The molecule has 0 heterocycles. The Balaban J connectivity index is 2.15. The van der Waals surface area contributed by atoms with Gasteiger partial charge in [-0.2, -0.15) is 0 Å². The van der Waals surface area contributed by atoms with Crippen LogP contribution >= 0.6 is 0 Å². The molecule has 0 aromatic heterocycles. The highest BCUT2D eigenvalue weighted by Crippen LogP contribution is 2.27. The van der Waals surface area contributed by atoms with E-state index in [1.54, 1.807) is 25.1 Å². The Morgan fingerprint density at radius 2 is 1.84 bits per heavy atom. The lowest BCUT2D eigenvalue weighted by Gasteiger charge is -2.11. The summed E-state index contributed by atoms with van der Waals surface area (Å²) in [6.45, 7) is 3.73. The van der Waals surface area contributed by atoms with Crippen LogP contribution in [0.5, 0.6) is 11.5 Å². The Bertz CT molecular complexity index is 549. The van der Waals surface area contributed by atoms with Gasteiger partial charge in [-0.3, -0.25) is 0 Å². The largest absolute Gasteiger partial charge is 0.457 e. The molecule has 1 unspecified atom stereocenters. The first-order valence-electron chi connectivity index (χ1n) is 6.32. The van der Waals surface area contributed by atoms with Crippen molar-refractivity contribution in [2.75, 3.05) is 0 Å². The highest BCUT2D eigenvalue weighted by Gasteiger charge is 2.06. The second-order valence-electron chi connectivity index (χ2n) is 4.50. The molecule has 1 atom stereocenters. The van der Waals surface area contributed by atoms with E-state index in [0.717, 1.165) is 11.1 Å². The Morgan fingerprint density at radius 1 is 1.16 bits per heavy atom. The number of ether oxygens (including phenoxy) is 1. The highest BCUT2D eigenvalue weighted by atomic mass is 19.1. The lowest BCUT2D eigenvalue weighted by Crippen LogP contribution is -1.95. The summed E-state index contributed by atoms with van der Waals surface area (Å²) in [6.07, 6.45) is 0.235. The SMILES string of the molecule is CCC(O)c1ccc(Oc2ccc(F)cc2C)cc1. The Kier molecular flexibility index (Phi) is 4.17. The zero-order valence-corrected chi connectivity index (χ0v) is 11.1. The number of benzene rings is 2. The summed E-state index contributed by atoms with van der Waals surface area (Å²) < 4.78 is 18.7. The Labute approximate surface area is 112 Å². The number of aliphatic hydroxyl groups is 1. The molecule has 0 radical (unpaired) electrons. The van der Waals surface area contributed by atoms with E-state index in [2.05, 4.69) is 0 Å². The first-order chi connectivity index (χ1) is 9.10. The number of aliphatic hydroxyl groups excluding tert-OH is 1. The monoisotopic (exact) mass is 260 g/mol. The predicted molar refractivity (Wildman–Crippen MR) is 72.9 cm³/mol. The summed E-state index contributed by atoms with van der Waals surface area (Å²) in [6, 6.07) is 11.7. The van der Waals surface area contributed by atoms with Crippen LogP contribution in [-0.2, 0) is 0 Å². The van der Waals surface area contributed by atoms with E-state index in [1.165, 1.54) is 12.1 Å². The van der Waals surface area contributed by atoms with Gasteiger partial charge in [-0.1, -0.05) is 19.1 Å². The van der Waals surface area contributed by atoms with Crippen LogP contribution in [0, 0.1) is 12.7 Å². The third-order valence-corrected chi connectivity index (χ3v) is 3.02. The van der Waals surface area contributed by atoms with Crippen molar-refractivity contribution in [2.24, 2.45) is 0 Å². The molecule has 0 saturated carbocycles. The lowest BCUT2D eigenvalue weighted by molar-refractivity contribution is 0.173. The van der Waals surface area contributed by atoms with Gasteiger partial charge in [0.05, 0.1) is 6.10 Å². The number of rotatable bonds is 4. The second-order valence-corrected chi connectivity index (χ2v) is 4.50. The number of hydrogen-bond acceptors (Lipinski definition) is 2. The molecule has 3 heteroatoms. The van der Waals surface area contributed by atoms with Crippen LogP contribution < -0.4 is 4.74 Å². The van der Waals surface area contributed by atoms with Crippen molar-refractivity contribution in [1.29, 1.82) is 0 Å². The third-order valence-electron chi connectivity index (χ3n) is 3.02. The van der Waals surface area contributed by atoms with E-state index < -0.39 is 6.10 Å². The van der Waals surface area contributed by atoms with Crippen molar-refractivity contribution in [3.05, 3.63) is 59.4 Å². The maximum absolute atomic E-state index is 13.0. The molecule has 1 N–H and O–H groups in total. The molecule has 0 bridgehead atoms. The standard InChI is InChI=1S/C16H17FO2/c1-3-15(18)12-4-7-14(8-5-12)19-16-9-6-13(17)10-11(16)2/h4-10,15,18H,3H2,1-2H3. The Hall–Kier alpha value is -1.87. The van der Waals surface area contributed by atoms with Crippen molar-refractivity contribution in [1.82, 2.24) is 0 Å². The summed E-state index contributed by atoms with van der Waals surface area (Å²) >= 11 is 0. The summed E-state index contributed by atoms with van der Waals surface area (Å²) in [5, 5.41) is 9.70. The molecule has 0 aliphatic rings. The normalized spacial score (nSPS) is 12.2. The number of halogens is 1. The summed E-state index contributed by atoms with van der Waals surface area (Å²) in [7, 11) is 0. The maximum atomic E-state index is 13.0. The Morgan fingerprint density at radius 3 is 2.42 bits per heavy atom. The van der Waals surface area contributed by atoms with Gasteiger partial charge in [0.2, 0.25) is 0 Å². The number of hydrogen-bond donors (Lipinski definition) is 1. The molecule has 19 heavy (non-hydrogen) atoms. The van der Waals surface area contributed by atoms with E-state index in [9.17, 15) is 9.50 Å². The van der Waals surface area contributed by atoms with Gasteiger partial charge in [0.15, 0.2) is 0 Å². The zero-order chi connectivity index (χ0) is 13.8. The van der Waals surface area contributed by atoms with Gasteiger partial charge in [-0.05, 0) is 54.8 Å². The van der Waals surface area contributed by atoms with Gasteiger partial charge in [0.25, 0.3) is 0 Å². The molecule has 2 rings (SSSR count). The fraction of sp³-hybridized carbons (Fsp3) is 0.250. The van der Waals surface area contributed by atoms with E-state index in [0.29, 0.717) is 17.9 Å². The average Bonchev–Trinajstić information content (AvgIpc) is 2.42. The zero-order valence-electron chi connectivity index (χ0n) is 11.1. The summed E-state index contributed by atoms with van der Waals surface area (Å²) in [4.78, 5) is 0. The van der Waals surface area contributed by atoms with Gasteiger partial charge in [0, 0.05) is 0 Å².